The minimum absolute atomic E-state index is 0.304. The average Bonchev–Trinajstić information content (AvgIpc) is 2.99. The van der Waals surface area contributed by atoms with E-state index in [0.29, 0.717) is 17.5 Å². The summed E-state index contributed by atoms with van der Waals surface area (Å²) in [6, 6.07) is 9.99. The van der Waals surface area contributed by atoms with E-state index in [2.05, 4.69) is 16.4 Å². The number of rotatable bonds is 5. The number of oxazole rings is 1. The summed E-state index contributed by atoms with van der Waals surface area (Å²) in [5.74, 6) is 0.933. The molecule has 1 aromatic carbocycles. The predicted molar refractivity (Wildman–Crippen MR) is 86.3 cm³/mol. The van der Waals surface area contributed by atoms with Crippen LogP contribution in [0.2, 0.25) is 0 Å². The maximum absolute atomic E-state index is 9.25. The van der Waals surface area contributed by atoms with E-state index in [0.717, 1.165) is 50.5 Å². The fourth-order valence-electron chi connectivity index (χ4n) is 2.68. The van der Waals surface area contributed by atoms with Gasteiger partial charge in [-0.2, -0.15) is 10.2 Å². The van der Waals surface area contributed by atoms with Crippen molar-refractivity contribution in [1.82, 2.24) is 4.98 Å². The number of quaternary nitrogens is 1. The standard InChI is InChI=1S/C17H20N4O2/c1-13-3-2-4-14(11-13)16-20-15(12-18)17(23-16)19-5-6-21-7-9-22-10-8-21/h2-4,11,19H,5-10H2,1H3/p+1. The Morgan fingerprint density at radius 3 is 2.91 bits per heavy atom. The number of ether oxygens (including phenoxy) is 1. The summed E-state index contributed by atoms with van der Waals surface area (Å²) in [5.41, 5.74) is 2.32. The Bertz CT molecular complexity index is 699. The van der Waals surface area contributed by atoms with Gasteiger partial charge in [0.15, 0.2) is 0 Å². The summed E-state index contributed by atoms with van der Waals surface area (Å²) in [6.07, 6.45) is 0. The highest BCUT2D eigenvalue weighted by Gasteiger charge is 2.16. The molecular formula is C17H21N4O2+. The van der Waals surface area contributed by atoms with Gasteiger partial charge in [0, 0.05) is 5.56 Å². The monoisotopic (exact) mass is 313 g/mol. The van der Waals surface area contributed by atoms with Crippen LogP contribution in [-0.4, -0.2) is 44.4 Å². The molecule has 1 aliphatic heterocycles. The lowest BCUT2D eigenvalue weighted by Crippen LogP contribution is -3.14. The first kappa shape index (κ1) is 15.5. The van der Waals surface area contributed by atoms with Gasteiger partial charge >= 0.3 is 0 Å². The number of morpholine rings is 1. The van der Waals surface area contributed by atoms with Crippen LogP contribution in [0.3, 0.4) is 0 Å². The molecule has 1 aromatic heterocycles. The third-order valence-electron chi connectivity index (χ3n) is 3.96. The summed E-state index contributed by atoms with van der Waals surface area (Å²) < 4.78 is 11.1. The molecule has 0 amide bonds. The van der Waals surface area contributed by atoms with Gasteiger partial charge in [-0.05, 0) is 19.1 Å². The maximum Gasteiger partial charge on any atom is 0.232 e. The van der Waals surface area contributed by atoms with E-state index in [-0.39, 0.29) is 0 Å². The van der Waals surface area contributed by atoms with Crippen LogP contribution < -0.4 is 10.2 Å². The Kier molecular flexibility index (Phi) is 4.91. The molecule has 6 heteroatoms. The highest BCUT2D eigenvalue weighted by Crippen LogP contribution is 2.25. The Morgan fingerprint density at radius 2 is 2.17 bits per heavy atom. The van der Waals surface area contributed by atoms with Crippen molar-refractivity contribution in [1.29, 1.82) is 5.26 Å². The number of nitrogens with zero attached hydrogens (tertiary/aromatic N) is 2. The van der Waals surface area contributed by atoms with Crippen molar-refractivity contribution < 1.29 is 14.1 Å². The second kappa shape index (κ2) is 7.27. The molecule has 23 heavy (non-hydrogen) atoms. The summed E-state index contributed by atoms with van der Waals surface area (Å²) >= 11 is 0. The molecule has 120 valence electrons. The molecule has 0 atom stereocenters. The van der Waals surface area contributed by atoms with Crippen molar-refractivity contribution in [2.75, 3.05) is 44.7 Å². The number of hydrogen-bond acceptors (Lipinski definition) is 5. The quantitative estimate of drug-likeness (QED) is 0.856. The third-order valence-corrected chi connectivity index (χ3v) is 3.96. The van der Waals surface area contributed by atoms with Gasteiger partial charge < -0.3 is 19.4 Å². The van der Waals surface area contributed by atoms with Crippen LogP contribution in [-0.2, 0) is 4.74 Å². The van der Waals surface area contributed by atoms with Crippen LogP contribution in [0.1, 0.15) is 11.3 Å². The number of nitriles is 1. The molecule has 3 rings (SSSR count). The smallest absolute Gasteiger partial charge is 0.232 e. The van der Waals surface area contributed by atoms with E-state index in [1.807, 2.05) is 31.2 Å². The molecule has 0 aliphatic carbocycles. The summed E-state index contributed by atoms with van der Waals surface area (Å²) in [4.78, 5) is 5.79. The van der Waals surface area contributed by atoms with Crippen molar-refractivity contribution in [3.8, 4) is 17.5 Å². The van der Waals surface area contributed by atoms with E-state index in [1.54, 1.807) is 0 Å². The van der Waals surface area contributed by atoms with E-state index in [4.69, 9.17) is 9.15 Å². The van der Waals surface area contributed by atoms with E-state index in [1.165, 1.54) is 4.90 Å². The molecule has 6 nitrogen and oxygen atoms in total. The van der Waals surface area contributed by atoms with Crippen LogP contribution in [0.15, 0.2) is 28.7 Å². The van der Waals surface area contributed by atoms with Gasteiger partial charge in [0.05, 0.1) is 26.3 Å². The van der Waals surface area contributed by atoms with Gasteiger partial charge in [-0.25, -0.2) is 0 Å². The molecule has 0 unspecified atom stereocenters. The lowest BCUT2D eigenvalue weighted by Gasteiger charge is -2.23. The fraction of sp³-hybridized carbons (Fsp3) is 0.412. The Balaban J connectivity index is 1.66. The minimum Gasteiger partial charge on any atom is -0.419 e. The van der Waals surface area contributed by atoms with Crippen molar-refractivity contribution >= 4 is 5.88 Å². The van der Waals surface area contributed by atoms with Gasteiger partial charge in [0.1, 0.15) is 19.2 Å². The van der Waals surface area contributed by atoms with Gasteiger partial charge in [-0.3, -0.25) is 0 Å². The normalized spacial score (nSPS) is 15.3. The molecule has 2 N–H and O–H groups in total. The lowest BCUT2D eigenvalue weighted by molar-refractivity contribution is -0.906. The van der Waals surface area contributed by atoms with Crippen LogP contribution in [0.25, 0.3) is 11.5 Å². The molecule has 0 saturated carbocycles. The van der Waals surface area contributed by atoms with Crippen molar-refractivity contribution in [2.24, 2.45) is 0 Å². The molecule has 0 spiro atoms. The Hall–Kier alpha value is -2.36. The number of aromatic nitrogens is 1. The van der Waals surface area contributed by atoms with Crippen LogP contribution >= 0.6 is 0 Å². The third kappa shape index (κ3) is 3.89. The first-order chi connectivity index (χ1) is 11.3. The highest BCUT2D eigenvalue weighted by molar-refractivity contribution is 5.59. The fourth-order valence-corrected chi connectivity index (χ4v) is 2.68. The number of benzene rings is 1. The molecule has 1 saturated heterocycles. The van der Waals surface area contributed by atoms with Crippen molar-refractivity contribution in [2.45, 2.75) is 6.92 Å². The maximum atomic E-state index is 9.25. The largest absolute Gasteiger partial charge is 0.419 e. The highest BCUT2D eigenvalue weighted by atomic mass is 16.5. The topological polar surface area (TPSA) is 75.5 Å². The zero-order valence-electron chi connectivity index (χ0n) is 13.3. The zero-order chi connectivity index (χ0) is 16.1. The first-order valence-electron chi connectivity index (χ1n) is 7.89. The van der Waals surface area contributed by atoms with Crippen molar-refractivity contribution in [3.05, 3.63) is 35.5 Å². The van der Waals surface area contributed by atoms with Crippen LogP contribution in [0.4, 0.5) is 5.88 Å². The Morgan fingerprint density at radius 1 is 1.35 bits per heavy atom. The second-order valence-corrected chi connectivity index (χ2v) is 5.72. The number of nitrogens with one attached hydrogen (secondary N) is 2. The molecule has 2 aromatic rings. The second-order valence-electron chi connectivity index (χ2n) is 5.72. The molecule has 1 aliphatic rings. The molecule has 1 fully saturated rings. The molecular weight excluding hydrogens is 292 g/mol. The predicted octanol–water partition coefficient (Wildman–Crippen LogP) is 0.849. The summed E-state index contributed by atoms with van der Waals surface area (Å²) in [6.45, 7) is 7.41. The van der Waals surface area contributed by atoms with Crippen LogP contribution in [0.5, 0.6) is 0 Å². The van der Waals surface area contributed by atoms with E-state index in [9.17, 15) is 5.26 Å². The first-order valence-corrected chi connectivity index (χ1v) is 7.89. The van der Waals surface area contributed by atoms with Gasteiger partial charge in [-0.1, -0.05) is 17.7 Å². The molecule has 2 heterocycles. The Labute approximate surface area is 135 Å². The zero-order valence-corrected chi connectivity index (χ0v) is 13.3. The molecule has 0 bridgehead atoms. The average molecular weight is 313 g/mol. The van der Waals surface area contributed by atoms with E-state index >= 15 is 0 Å². The summed E-state index contributed by atoms with van der Waals surface area (Å²) in [5, 5.41) is 12.5. The number of aryl methyl sites for hydroxylation is 1. The SMILES string of the molecule is Cc1cccc(-c2nc(C#N)c(NCC[NH+]3CCOCC3)o2)c1. The van der Waals surface area contributed by atoms with Gasteiger partial charge in [0.2, 0.25) is 17.5 Å². The minimum atomic E-state index is 0.304. The number of hydrogen-bond donors (Lipinski definition) is 2. The van der Waals surface area contributed by atoms with E-state index < -0.39 is 0 Å². The lowest BCUT2D eigenvalue weighted by atomic mass is 10.1. The van der Waals surface area contributed by atoms with Gasteiger partial charge in [-0.15, -0.1) is 0 Å². The van der Waals surface area contributed by atoms with Crippen LogP contribution in [0, 0.1) is 18.3 Å². The van der Waals surface area contributed by atoms with Crippen molar-refractivity contribution in [3.63, 3.8) is 0 Å². The van der Waals surface area contributed by atoms with Gasteiger partial charge in [0.25, 0.3) is 0 Å². The summed E-state index contributed by atoms with van der Waals surface area (Å²) in [7, 11) is 0. The number of anilines is 1. The molecule has 0 radical (unpaired) electrons.